The topological polar surface area (TPSA) is 25.8 Å². The summed E-state index contributed by atoms with van der Waals surface area (Å²) in [6, 6.07) is 4.58. The van der Waals surface area contributed by atoms with E-state index in [1.807, 2.05) is 0 Å². The third-order valence-electron chi connectivity index (χ3n) is 2.17. The molecule has 0 unspecified atom stereocenters. The summed E-state index contributed by atoms with van der Waals surface area (Å²) in [6.45, 7) is 0. The Bertz CT molecular complexity index is 569. The first-order valence-corrected chi connectivity index (χ1v) is 5.90. The van der Waals surface area contributed by atoms with E-state index in [0.717, 1.165) is 12.1 Å². The number of hydrogen-bond acceptors (Lipinski definition) is 2. The third kappa shape index (κ3) is 2.81. The molecule has 1 aromatic carbocycles. The number of halogens is 5. The van der Waals surface area contributed by atoms with Crippen LogP contribution in [0, 0.1) is 0 Å². The van der Waals surface area contributed by atoms with Crippen molar-refractivity contribution in [1.82, 2.24) is 9.97 Å². The average Bonchev–Trinajstić information content (AvgIpc) is 2.32. The van der Waals surface area contributed by atoms with Gasteiger partial charge in [-0.1, -0.05) is 23.7 Å². The molecule has 0 saturated heterocycles. The quantitative estimate of drug-likeness (QED) is 0.712. The van der Waals surface area contributed by atoms with Crippen molar-refractivity contribution >= 4 is 27.5 Å². The zero-order valence-corrected chi connectivity index (χ0v) is 11.0. The van der Waals surface area contributed by atoms with Crippen LogP contribution in [0.25, 0.3) is 11.4 Å². The largest absolute Gasteiger partial charge is 0.416 e. The lowest BCUT2D eigenvalue weighted by atomic mass is 10.1. The van der Waals surface area contributed by atoms with Crippen molar-refractivity contribution in [2.45, 2.75) is 6.18 Å². The van der Waals surface area contributed by atoms with Gasteiger partial charge in [0.15, 0.2) is 5.82 Å². The number of benzene rings is 1. The summed E-state index contributed by atoms with van der Waals surface area (Å²) in [7, 11) is 0. The highest BCUT2D eigenvalue weighted by molar-refractivity contribution is 9.10. The Hall–Kier alpha value is -1.14. The van der Waals surface area contributed by atoms with Crippen LogP contribution < -0.4 is 0 Å². The average molecular weight is 338 g/mol. The van der Waals surface area contributed by atoms with Crippen molar-refractivity contribution in [2.75, 3.05) is 0 Å². The van der Waals surface area contributed by atoms with Gasteiger partial charge in [0.05, 0.1) is 10.0 Å². The van der Waals surface area contributed by atoms with E-state index in [4.69, 9.17) is 11.6 Å². The van der Waals surface area contributed by atoms with Crippen molar-refractivity contribution in [3.8, 4) is 11.4 Å². The van der Waals surface area contributed by atoms with Gasteiger partial charge in [0.25, 0.3) is 0 Å². The number of aromatic nitrogens is 2. The van der Waals surface area contributed by atoms with E-state index in [1.54, 1.807) is 0 Å². The van der Waals surface area contributed by atoms with Crippen LogP contribution in [0.4, 0.5) is 13.2 Å². The van der Waals surface area contributed by atoms with Crippen LogP contribution in [-0.2, 0) is 6.18 Å². The molecular formula is C11H5BrClF3N2. The Morgan fingerprint density at radius 3 is 2.22 bits per heavy atom. The van der Waals surface area contributed by atoms with Crippen molar-refractivity contribution < 1.29 is 13.2 Å². The summed E-state index contributed by atoms with van der Waals surface area (Å²) in [4.78, 5) is 7.94. The van der Waals surface area contributed by atoms with Gasteiger partial charge in [-0.25, -0.2) is 9.97 Å². The third-order valence-corrected chi connectivity index (χ3v) is 3.27. The second kappa shape index (κ2) is 4.85. The van der Waals surface area contributed by atoms with E-state index >= 15 is 0 Å². The maximum absolute atomic E-state index is 12.4. The maximum Gasteiger partial charge on any atom is 0.416 e. The lowest BCUT2D eigenvalue weighted by molar-refractivity contribution is -0.137. The van der Waals surface area contributed by atoms with Crippen molar-refractivity contribution in [3.63, 3.8) is 0 Å². The monoisotopic (exact) mass is 336 g/mol. The lowest BCUT2D eigenvalue weighted by Gasteiger charge is -2.07. The fourth-order valence-corrected chi connectivity index (χ4v) is 1.61. The van der Waals surface area contributed by atoms with Gasteiger partial charge in [0.2, 0.25) is 0 Å². The predicted molar refractivity (Wildman–Crippen MR) is 65.2 cm³/mol. The zero-order chi connectivity index (χ0) is 13.3. The van der Waals surface area contributed by atoms with E-state index in [0.29, 0.717) is 10.0 Å². The molecule has 0 aliphatic carbocycles. The van der Waals surface area contributed by atoms with Crippen LogP contribution in [0.3, 0.4) is 0 Å². The normalized spacial score (nSPS) is 11.6. The van der Waals surface area contributed by atoms with E-state index in [9.17, 15) is 13.2 Å². The van der Waals surface area contributed by atoms with Gasteiger partial charge in [-0.3, -0.25) is 0 Å². The smallest absolute Gasteiger partial charge is 0.235 e. The molecule has 0 N–H and O–H groups in total. The van der Waals surface area contributed by atoms with E-state index in [-0.39, 0.29) is 11.0 Å². The van der Waals surface area contributed by atoms with Gasteiger partial charge in [0, 0.05) is 11.8 Å². The number of nitrogens with zero attached hydrogens (tertiary/aromatic N) is 2. The molecule has 18 heavy (non-hydrogen) atoms. The molecule has 0 amide bonds. The second-order valence-corrected chi connectivity index (χ2v) is 4.62. The van der Waals surface area contributed by atoms with Crippen molar-refractivity contribution in [3.05, 3.63) is 45.7 Å². The highest BCUT2D eigenvalue weighted by Crippen LogP contribution is 2.30. The van der Waals surface area contributed by atoms with Crippen LogP contribution >= 0.6 is 27.5 Å². The Morgan fingerprint density at radius 2 is 1.72 bits per heavy atom. The van der Waals surface area contributed by atoms with Crippen LogP contribution in [-0.4, -0.2) is 9.97 Å². The van der Waals surface area contributed by atoms with Crippen molar-refractivity contribution in [2.24, 2.45) is 0 Å². The molecule has 2 rings (SSSR count). The predicted octanol–water partition coefficient (Wildman–Crippen LogP) is 4.58. The molecule has 0 spiro atoms. The molecule has 0 radical (unpaired) electrons. The summed E-state index contributed by atoms with van der Waals surface area (Å²) in [5.74, 6) is 0.275. The Labute approximate surface area is 114 Å². The first kappa shape index (κ1) is 13.3. The van der Waals surface area contributed by atoms with E-state index in [2.05, 4.69) is 25.9 Å². The van der Waals surface area contributed by atoms with Gasteiger partial charge in [0.1, 0.15) is 5.15 Å². The molecule has 2 aromatic rings. The second-order valence-electron chi connectivity index (χ2n) is 3.41. The maximum atomic E-state index is 12.4. The molecule has 0 bridgehead atoms. The highest BCUT2D eigenvalue weighted by Gasteiger charge is 2.30. The number of rotatable bonds is 1. The minimum atomic E-state index is -4.35. The van der Waals surface area contributed by atoms with Gasteiger partial charge >= 0.3 is 6.18 Å². The fourth-order valence-electron chi connectivity index (χ4n) is 1.29. The molecule has 94 valence electrons. The molecule has 0 atom stereocenters. The molecule has 0 fully saturated rings. The molecule has 1 heterocycles. The molecule has 0 aliphatic rings. The number of alkyl halides is 3. The summed E-state index contributed by atoms with van der Waals surface area (Å²) in [5, 5.41) is 0.208. The van der Waals surface area contributed by atoms with Crippen molar-refractivity contribution in [1.29, 1.82) is 0 Å². The lowest BCUT2D eigenvalue weighted by Crippen LogP contribution is -2.04. The Kier molecular flexibility index (Phi) is 3.59. The van der Waals surface area contributed by atoms with E-state index < -0.39 is 11.7 Å². The Balaban J connectivity index is 2.37. The van der Waals surface area contributed by atoms with Gasteiger partial charge in [-0.2, -0.15) is 13.2 Å². The molecule has 2 nitrogen and oxygen atoms in total. The highest BCUT2D eigenvalue weighted by atomic mass is 79.9. The zero-order valence-electron chi connectivity index (χ0n) is 8.67. The summed E-state index contributed by atoms with van der Waals surface area (Å²) in [5.41, 5.74) is -0.244. The number of hydrogen-bond donors (Lipinski definition) is 0. The SMILES string of the molecule is FC(F)(F)c1ccc(-c2ncc(Br)c(Cl)n2)cc1. The van der Waals surface area contributed by atoms with E-state index in [1.165, 1.54) is 18.3 Å². The first-order chi connectivity index (χ1) is 8.38. The fraction of sp³-hybridized carbons (Fsp3) is 0.0909. The van der Waals surface area contributed by atoms with Crippen LogP contribution in [0.2, 0.25) is 5.15 Å². The molecule has 0 saturated carbocycles. The van der Waals surface area contributed by atoms with Gasteiger partial charge in [-0.05, 0) is 28.1 Å². The minimum absolute atomic E-state index is 0.208. The summed E-state index contributed by atoms with van der Waals surface area (Å²) >= 11 is 8.92. The first-order valence-electron chi connectivity index (χ1n) is 4.73. The van der Waals surface area contributed by atoms with Gasteiger partial charge in [-0.15, -0.1) is 0 Å². The Morgan fingerprint density at radius 1 is 1.11 bits per heavy atom. The van der Waals surface area contributed by atoms with Crippen LogP contribution in [0.1, 0.15) is 5.56 Å². The molecule has 0 aliphatic heterocycles. The molecule has 1 aromatic heterocycles. The summed E-state index contributed by atoms with van der Waals surface area (Å²) in [6.07, 6.45) is -2.90. The molecular weight excluding hydrogens is 332 g/mol. The minimum Gasteiger partial charge on any atom is -0.235 e. The summed E-state index contributed by atoms with van der Waals surface area (Å²) < 4.78 is 37.7. The molecule has 7 heteroatoms. The standard InChI is InChI=1S/C11H5BrClF3N2/c12-8-5-17-10(18-9(8)13)6-1-3-7(4-2-6)11(14,15)16/h1-5H. The van der Waals surface area contributed by atoms with Crippen LogP contribution in [0.15, 0.2) is 34.9 Å². The van der Waals surface area contributed by atoms with Crippen LogP contribution in [0.5, 0.6) is 0 Å². The van der Waals surface area contributed by atoms with Gasteiger partial charge < -0.3 is 0 Å².